The van der Waals surface area contributed by atoms with Crippen LogP contribution in [0.4, 0.5) is 11.4 Å². The van der Waals surface area contributed by atoms with Gasteiger partial charge in [0.05, 0.1) is 35.2 Å². The van der Waals surface area contributed by atoms with E-state index in [1.165, 1.54) is 0 Å². The summed E-state index contributed by atoms with van der Waals surface area (Å²) < 4.78 is 5.00. The second-order valence-corrected chi connectivity index (χ2v) is 5.15. The summed E-state index contributed by atoms with van der Waals surface area (Å²) in [5.41, 5.74) is 2.45. The molecule has 128 valence electrons. The molecule has 0 saturated heterocycles. The van der Waals surface area contributed by atoms with Crippen LogP contribution in [0, 0.1) is 11.3 Å². The zero-order chi connectivity index (χ0) is 18.2. The van der Waals surface area contributed by atoms with Gasteiger partial charge in [0.2, 0.25) is 0 Å². The number of hydrogen-bond donors (Lipinski definition) is 2. The summed E-state index contributed by atoms with van der Waals surface area (Å²) in [4.78, 5) is 24.3. The topological polar surface area (TPSA) is 91.2 Å². The van der Waals surface area contributed by atoms with E-state index in [0.717, 1.165) is 0 Å². The number of nitriles is 1. The van der Waals surface area contributed by atoms with Gasteiger partial charge in [0.15, 0.2) is 0 Å². The largest absolute Gasteiger partial charge is 0.462 e. The van der Waals surface area contributed by atoms with Crippen LogP contribution in [0.1, 0.15) is 40.1 Å². The Morgan fingerprint density at radius 3 is 2.32 bits per heavy atom. The lowest BCUT2D eigenvalue weighted by molar-refractivity contribution is 0.0526. The fraction of sp³-hybridized carbons (Fsp3) is 0.211. The molecule has 2 N–H and O–H groups in total. The first-order valence-electron chi connectivity index (χ1n) is 7.95. The number of amides is 1. The summed E-state index contributed by atoms with van der Waals surface area (Å²) in [6.45, 7) is 4.61. The molecule has 2 rings (SSSR count). The van der Waals surface area contributed by atoms with Crippen molar-refractivity contribution < 1.29 is 14.3 Å². The van der Waals surface area contributed by atoms with E-state index in [-0.39, 0.29) is 12.5 Å². The Labute approximate surface area is 146 Å². The number of anilines is 2. The zero-order valence-corrected chi connectivity index (χ0v) is 14.1. The highest BCUT2D eigenvalue weighted by Gasteiger charge is 2.13. The second-order valence-electron chi connectivity index (χ2n) is 5.15. The average molecular weight is 337 g/mol. The number of esters is 1. The van der Waals surface area contributed by atoms with Crippen LogP contribution in [0.2, 0.25) is 0 Å². The predicted molar refractivity (Wildman–Crippen MR) is 95.7 cm³/mol. The molecule has 0 spiro atoms. The van der Waals surface area contributed by atoms with Crippen LogP contribution in [-0.4, -0.2) is 25.0 Å². The number of nitrogens with one attached hydrogen (secondary N) is 2. The van der Waals surface area contributed by atoms with Gasteiger partial charge in [-0.05, 0) is 56.3 Å². The normalized spacial score (nSPS) is 9.80. The van der Waals surface area contributed by atoms with E-state index in [9.17, 15) is 9.59 Å². The quantitative estimate of drug-likeness (QED) is 0.788. The van der Waals surface area contributed by atoms with Crippen LogP contribution in [0.15, 0.2) is 42.5 Å². The molecule has 0 aliphatic carbocycles. The van der Waals surface area contributed by atoms with E-state index in [4.69, 9.17) is 10.00 Å². The third-order valence-corrected chi connectivity index (χ3v) is 3.42. The maximum atomic E-state index is 12.4. The van der Waals surface area contributed by atoms with Gasteiger partial charge in [-0.1, -0.05) is 0 Å². The minimum Gasteiger partial charge on any atom is -0.462 e. The number of rotatable bonds is 6. The maximum absolute atomic E-state index is 12.4. The molecule has 0 saturated carbocycles. The summed E-state index contributed by atoms with van der Waals surface area (Å²) in [7, 11) is 0. The molecule has 25 heavy (non-hydrogen) atoms. The van der Waals surface area contributed by atoms with Gasteiger partial charge in [0.25, 0.3) is 5.91 Å². The third-order valence-electron chi connectivity index (χ3n) is 3.42. The molecular weight excluding hydrogens is 318 g/mol. The summed E-state index contributed by atoms with van der Waals surface area (Å²) in [6.07, 6.45) is 0. The second kappa shape index (κ2) is 8.50. The van der Waals surface area contributed by atoms with Gasteiger partial charge < -0.3 is 15.4 Å². The Kier molecular flexibility index (Phi) is 6.13. The lowest BCUT2D eigenvalue weighted by Gasteiger charge is -2.14. The van der Waals surface area contributed by atoms with E-state index in [1.807, 2.05) is 13.0 Å². The van der Waals surface area contributed by atoms with Gasteiger partial charge in [0, 0.05) is 12.1 Å². The van der Waals surface area contributed by atoms with Crippen LogP contribution >= 0.6 is 0 Å². The Balaban J connectivity index is 2.28. The molecule has 0 unspecified atom stereocenters. The van der Waals surface area contributed by atoms with Crippen LogP contribution < -0.4 is 10.6 Å². The summed E-state index contributed by atoms with van der Waals surface area (Å²) >= 11 is 0. The van der Waals surface area contributed by atoms with Gasteiger partial charge in [0.1, 0.15) is 0 Å². The van der Waals surface area contributed by atoms with Gasteiger partial charge in [-0.3, -0.25) is 4.79 Å². The molecule has 1 amide bonds. The van der Waals surface area contributed by atoms with E-state index < -0.39 is 5.97 Å². The fourth-order valence-corrected chi connectivity index (χ4v) is 2.22. The highest BCUT2D eigenvalue weighted by Crippen LogP contribution is 2.24. The lowest BCUT2D eigenvalue weighted by Crippen LogP contribution is -2.15. The minimum atomic E-state index is -0.445. The van der Waals surface area contributed by atoms with Crippen molar-refractivity contribution in [2.45, 2.75) is 13.8 Å². The van der Waals surface area contributed by atoms with E-state index in [1.54, 1.807) is 49.4 Å². The number of carbonyl (C=O) groups excluding carboxylic acids is 2. The van der Waals surface area contributed by atoms with Crippen molar-refractivity contribution in [3.05, 3.63) is 59.2 Å². The van der Waals surface area contributed by atoms with Crippen molar-refractivity contribution in [2.24, 2.45) is 0 Å². The van der Waals surface area contributed by atoms with Gasteiger partial charge in [-0.25, -0.2) is 4.79 Å². The highest BCUT2D eigenvalue weighted by molar-refractivity contribution is 6.06. The maximum Gasteiger partial charge on any atom is 0.338 e. The Hall–Kier alpha value is -3.33. The Bertz CT molecular complexity index is 808. The molecule has 0 radical (unpaired) electrons. The fourth-order valence-electron chi connectivity index (χ4n) is 2.22. The van der Waals surface area contributed by atoms with Crippen LogP contribution in [0.25, 0.3) is 0 Å². The van der Waals surface area contributed by atoms with E-state index >= 15 is 0 Å². The molecule has 0 fully saturated rings. The van der Waals surface area contributed by atoms with E-state index in [0.29, 0.717) is 34.6 Å². The number of benzene rings is 2. The van der Waals surface area contributed by atoms with E-state index in [2.05, 4.69) is 10.6 Å². The Morgan fingerprint density at radius 2 is 1.72 bits per heavy atom. The molecule has 0 aliphatic rings. The summed E-state index contributed by atoms with van der Waals surface area (Å²) in [5, 5.41) is 14.8. The lowest BCUT2D eigenvalue weighted by atomic mass is 10.1. The SMILES string of the molecule is CCNc1ccc(C(=O)OCC)cc1NC(=O)c1ccc(C#N)cc1. The standard InChI is InChI=1S/C19H19N3O3/c1-3-21-16-10-9-15(19(24)25-4-2)11-17(16)22-18(23)14-7-5-13(12-20)6-8-14/h5-11,21H,3-4H2,1-2H3,(H,22,23). The van der Waals surface area contributed by atoms with Gasteiger partial charge in [-0.2, -0.15) is 5.26 Å². The molecule has 0 atom stereocenters. The monoisotopic (exact) mass is 337 g/mol. The van der Waals surface area contributed by atoms with Crippen LogP contribution in [0.5, 0.6) is 0 Å². The number of ether oxygens (including phenoxy) is 1. The van der Waals surface area contributed by atoms with Crippen molar-refractivity contribution in [1.82, 2.24) is 0 Å². The first-order chi connectivity index (χ1) is 12.1. The molecule has 2 aromatic carbocycles. The molecular formula is C19H19N3O3. The third kappa shape index (κ3) is 4.58. The first-order valence-corrected chi connectivity index (χ1v) is 7.95. The average Bonchev–Trinajstić information content (AvgIpc) is 2.63. The van der Waals surface area contributed by atoms with Crippen molar-refractivity contribution >= 4 is 23.3 Å². The predicted octanol–water partition coefficient (Wildman–Crippen LogP) is 3.42. The van der Waals surface area contributed by atoms with Crippen molar-refractivity contribution in [3.63, 3.8) is 0 Å². The molecule has 6 heteroatoms. The number of hydrogen-bond acceptors (Lipinski definition) is 5. The molecule has 0 bridgehead atoms. The zero-order valence-electron chi connectivity index (χ0n) is 14.1. The van der Waals surface area contributed by atoms with Gasteiger partial charge in [-0.15, -0.1) is 0 Å². The summed E-state index contributed by atoms with van der Waals surface area (Å²) in [6, 6.07) is 13.3. The minimum absolute atomic E-state index is 0.279. The molecule has 6 nitrogen and oxygen atoms in total. The number of carbonyl (C=O) groups is 2. The van der Waals surface area contributed by atoms with Crippen LogP contribution in [0.3, 0.4) is 0 Å². The highest BCUT2D eigenvalue weighted by atomic mass is 16.5. The van der Waals surface area contributed by atoms with Crippen molar-refractivity contribution in [3.8, 4) is 6.07 Å². The smallest absolute Gasteiger partial charge is 0.338 e. The van der Waals surface area contributed by atoms with Crippen molar-refractivity contribution in [1.29, 1.82) is 5.26 Å². The summed E-state index contributed by atoms with van der Waals surface area (Å²) in [5.74, 6) is -0.774. The number of nitrogens with zero attached hydrogens (tertiary/aromatic N) is 1. The molecule has 0 heterocycles. The molecule has 0 aliphatic heterocycles. The molecule has 2 aromatic rings. The van der Waals surface area contributed by atoms with Crippen LogP contribution in [-0.2, 0) is 4.74 Å². The van der Waals surface area contributed by atoms with Gasteiger partial charge >= 0.3 is 5.97 Å². The van der Waals surface area contributed by atoms with Crippen molar-refractivity contribution in [2.75, 3.05) is 23.8 Å². The first kappa shape index (κ1) is 18.0. The molecule has 0 aromatic heterocycles. The Morgan fingerprint density at radius 1 is 1.04 bits per heavy atom.